The van der Waals surface area contributed by atoms with E-state index in [1.54, 1.807) is 0 Å². The summed E-state index contributed by atoms with van der Waals surface area (Å²) in [6.07, 6.45) is 0.596. The van der Waals surface area contributed by atoms with Crippen LogP contribution in [-0.4, -0.2) is 6.29 Å². The minimum absolute atomic E-state index is 0.250. The molecule has 98 valence electrons. The van der Waals surface area contributed by atoms with Crippen LogP contribution in [0.25, 0.3) is 10.8 Å². The van der Waals surface area contributed by atoms with Gasteiger partial charge < -0.3 is 4.74 Å². The smallest absolute Gasteiger partial charge is 0.150 e. The zero-order valence-corrected chi connectivity index (χ0v) is 10.5. The maximum absolute atomic E-state index is 13.4. The highest BCUT2D eigenvalue weighted by atomic mass is 19.1. The van der Waals surface area contributed by atoms with Crippen molar-refractivity contribution in [3.63, 3.8) is 0 Å². The molecule has 2 nitrogen and oxygen atoms in total. The fourth-order valence-electron chi connectivity index (χ4n) is 2.12. The van der Waals surface area contributed by atoms with Crippen molar-refractivity contribution in [1.29, 1.82) is 0 Å². The normalized spacial score (nSPS) is 10.4. The van der Waals surface area contributed by atoms with E-state index in [-0.39, 0.29) is 5.56 Å². The third kappa shape index (κ3) is 2.38. The Morgan fingerprint density at radius 2 is 1.75 bits per heavy atom. The first-order valence-corrected chi connectivity index (χ1v) is 6.18. The zero-order chi connectivity index (χ0) is 13.9. The minimum Gasteiger partial charge on any atom is -0.457 e. The molecule has 3 heteroatoms. The maximum atomic E-state index is 13.4. The summed E-state index contributed by atoms with van der Waals surface area (Å²) in [6, 6.07) is 17.4. The van der Waals surface area contributed by atoms with Crippen LogP contribution in [0.3, 0.4) is 0 Å². The predicted octanol–water partition coefficient (Wildman–Crippen LogP) is 4.58. The van der Waals surface area contributed by atoms with Crippen molar-refractivity contribution >= 4 is 17.1 Å². The molecular formula is C17H11FO2. The van der Waals surface area contributed by atoms with Crippen LogP contribution in [0, 0.1) is 5.82 Å². The van der Waals surface area contributed by atoms with Crippen molar-refractivity contribution < 1.29 is 13.9 Å². The van der Waals surface area contributed by atoms with E-state index in [9.17, 15) is 9.18 Å². The molecule has 0 N–H and O–H groups in total. The molecule has 0 aromatic heterocycles. The van der Waals surface area contributed by atoms with Crippen molar-refractivity contribution in [2.75, 3.05) is 0 Å². The summed E-state index contributed by atoms with van der Waals surface area (Å²) in [5.74, 6) is 0.443. The SMILES string of the molecule is O=Cc1cc(F)cc(Oc2cccc3ccccc23)c1. The molecule has 20 heavy (non-hydrogen) atoms. The molecule has 0 bridgehead atoms. The Bertz CT molecular complexity index is 776. The summed E-state index contributed by atoms with van der Waals surface area (Å²) in [7, 11) is 0. The third-order valence-electron chi connectivity index (χ3n) is 3.01. The van der Waals surface area contributed by atoms with Gasteiger partial charge in [-0.1, -0.05) is 36.4 Å². The minimum atomic E-state index is -0.496. The lowest BCUT2D eigenvalue weighted by molar-refractivity contribution is 0.112. The fraction of sp³-hybridized carbons (Fsp3) is 0. The average molecular weight is 266 g/mol. The summed E-state index contributed by atoms with van der Waals surface area (Å²) < 4.78 is 19.1. The molecule has 0 saturated carbocycles. The van der Waals surface area contributed by atoms with Gasteiger partial charge in [0.15, 0.2) is 0 Å². The molecule has 3 aromatic rings. The maximum Gasteiger partial charge on any atom is 0.150 e. The van der Waals surface area contributed by atoms with Crippen molar-refractivity contribution in [2.45, 2.75) is 0 Å². The number of ether oxygens (including phenoxy) is 1. The zero-order valence-electron chi connectivity index (χ0n) is 10.5. The molecule has 3 rings (SSSR count). The summed E-state index contributed by atoms with van der Waals surface area (Å²) in [4.78, 5) is 10.8. The van der Waals surface area contributed by atoms with Crippen LogP contribution < -0.4 is 4.74 Å². The number of carbonyl (C=O) groups excluding carboxylic acids is 1. The molecule has 0 atom stereocenters. The Morgan fingerprint density at radius 1 is 0.950 bits per heavy atom. The van der Waals surface area contributed by atoms with Crippen LogP contribution in [0.1, 0.15) is 10.4 Å². The predicted molar refractivity (Wildman–Crippen MR) is 75.8 cm³/mol. The van der Waals surface area contributed by atoms with Crippen molar-refractivity contribution in [2.24, 2.45) is 0 Å². The second-order valence-corrected chi connectivity index (χ2v) is 4.42. The van der Waals surface area contributed by atoms with Crippen LogP contribution in [-0.2, 0) is 0 Å². The summed E-state index contributed by atoms with van der Waals surface area (Å²) in [6.45, 7) is 0. The van der Waals surface area contributed by atoms with Gasteiger partial charge in [-0.15, -0.1) is 0 Å². The highest BCUT2D eigenvalue weighted by Crippen LogP contribution is 2.30. The largest absolute Gasteiger partial charge is 0.457 e. The average Bonchev–Trinajstić information content (AvgIpc) is 2.47. The van der Waals surface area contributed by atoms with Gasteiger partial charge in [0, 0.05) is 17.0 Å². The number of fused-ring (bicyclic) bond motifs is 1. The molecule has 0 spiro atoms. The van der Waals surface area contributed by atoms with E-state index in [2.05, 4.69) is 0 Å². The second kappa shape index (κ2) is 5.13. The van der Waals surface area contributed by atoms with Gasteiger partial charge in [-0.2, -0.15) is 0 Å². The topological polar surface area (TPSA) is 26.3 Å². The summed E-state index contributed by atoms with van der Waals surface area (Å²) >= 11 is 0. The van der Waals surface area contributed by atoms with Crippen molar-refractivity contribution in [1.82, 2.24) is 0 Å². The fourth-order valence-corrected chi connectivity index (χ4v) is 2.12. The van der Waals surface area contributed by atoms with E-state index in [4.69, 9.17) is 4.74 Å². The molecule has 0 fully saturated rings. The monoisotopic (exact) mass is 266 g/mol. The first kappa shape index (κ1) is 12.4. The standard InChI is InChI=1S/C17H11FO2/c18-14-8-12(11-19)9-15(10-14)20-17-7-3-5-13-4-1-2-6-16(13)17/h1-11H. The Balaban J connectivity index is 2.05. The van der Waals surface area contributed by atoms with Gasteiger partial charge in [0.2, 0.25) is 0 Å². The number of halogens is 1. The molecule has 0 aliphatic heterocycles. The van der Waals surface area contributed by atoms with Gasteiger partial charge in [0.05, 0.1) is 0 Å². The number of hydrogen-bond donors (Lipinski definition) is 0. The van der Waals surface area contributed by atoms with Gasteiger partial charge in [0.25, 0.3) is 0 Å². The van der Waals surface area contributed by atoms with Crippen LogP contribution in [0.15, 0.2) is 60.7 Å². The molecule has 0 unspecified atom stereocenters. The molecule has 0 amide bonds. The van der Waals surface area contributed by atoms with Gasteiger partial charge in [-0.05, 0) is 23.6 Å². The highest BCUT2D eigenvalue weighted by molar-refractivity contribution is 5.88. The van der Waals surface area contributed by atoms with Crippen LogP contribution in [0.4, 0.5) is 4.39 Å². The van der Waals surface area contributed by atoms with Crippen LogP contribution in [0.5, 0.6) is 11.5 Å². The van der Waals surface area contributed by atoms with E-state index in [1.165, 1.54) is 18.2 Å². The first-order chi connectivity index (χ1) is 9.76. The Labute approximate surface area is 115 Å². The second-order valence-electron chi connectivity index (χ2n) is 4.42. The van der Waals surface area contributed by atoms with Gasteiger partial charge in [0.1, 0.15) is 23.6 Å². The third-order valence-corrected chi connectivity index (χ3v) is 3.01. The number of rotatable bonds is 3. The van der Waals surface area contributed by atoms with Crippen molar-refractivity contribution in [3.05, 3.63) is 72.0 Å². The number of hydrogen-bond acceptors (Lipinski definition) is 2. The van der Waals surface area contributed by atoms with E-state index < -0.39 is 5.82 Å². The highest BCUT2D eigenvalue weighted by Gasteiger charge is 2.05. The van der Waals surface area contributed by atoms with Gasteiger partial charge >= 0.3 is 0 Å². The molecule has 0 saturated heterocycles. The Kier molecular flexibility index (Phi) is 3.17. The number of aldehydes is 1. The van der Waals surface area contributed by atoms with Crippen LogP contribution in [0.2, 0.25) is 0 Å². The molecule has 0 heterocycles. The van der Waals surface area contributed by atoms with Gasteiger partial charge in [-0.3, -0.25) is 4.79 Å². The lowest BCUT2D eigenvalue weighted by atomic mass is 10.1. The summed E-state index contributed by atoms with van der Waals surface area (Å²) in [5, 5.41) is 1.98. The molecular weight excluding hydrogens is 255 g/mol. The molecule has 0 aliphatic carbocycles. The van der Waals surface area contributed by atoms with E-state index in [0.717, 1.165) is 10.8 Å². The Hall–Kier alpha value is -2.68. The quantitative estimate of drug-likeness (QED) is 0.648. The van der Waals surface area contributed by atoms with E-state index in [1.807, 2.05) is 42.5 Å². The van der Waals surface area contributed by atoms with Gasteiger partial charge in [-0.25, -0.2) is 4.39 Å². The Morgan fingerprint density at radius 3 is 2.60 bits per heavy atom. The van der Waals surface area contributed by atoms with E-state index >= 15 is 0 Å². The first-order valence-electron chi connectivity index (χ1n) is 6.18. The molecule has 0 radical (unpaired) electrons. The number of carbonyl (C=O) groups is 1. The molecule has 3 aromatic carbocycles. The summed E-state index contributed by atoms with van der Waals surface area (Å²) in [5.41, 5.74) is 0.250. The lowest BCUT2D eigenvalue weighted by Crippen LogP contribution is -1.90. The van der Waals surface area contributed by atoms with Crippen LogP contribution >= 0.6 is 0 Å². The number of benzene rings is 3. The van der Waals surface area contributed by atoms with E-state index in [0.29, 0.717) is 17.8 Å². The molecule has 0 aliphatic rings. The van der Waals surface area contributed by atoms with Crippen molar-refractivity contribution in [3.8, 4) is 11.5 Å². The lowest BCUT2D eigenvalue weighted by Gasteiger charge is -2.09.